The molecule has 6 heteroatoms. The summed E-state index contributed by atoms with van der Waals surface area (Å²) in [6.45, 7) is 9.36. The molecule has 1 aliphatic rings. The summed E-state index contributed by atoms with van der Waals surface area (Å²) in [7, 11) is 0. The van der Waals surface area contributed by atoms with E-state index in [1.165, 1.54) is 0 Å². The van der Waals surface area contributed by atoms with Crippen LogP contribution in [0.25, 0.3) is 11.3 Å². The maximum absolute atomic E-state index is 12.6. The number of piperidine rings is 1. The molecule has 2 aromatic heterocycles. The smallest absolute Gasteiger partial charge is 0.227 e. The standard InChI is InChI=1S/C17H24N4O2/c1-11-8-14(23-20-11)13-9-18-19-15(13)12-6-5-7-21(10-12)16(22)17(2,3)4/h8-9,12H,5-7,10H2,1-4H3,(H,18,19)/t12-/m1/s1. The Morgan fingerprint density at radius 2 is 2.22 bits per heavy atom. The van der Waals surface area contributed by atoms with Crippen LogP contribution in [0.5, 0.6) is 0 Å². The molecule has 0 unspecified atom stereocenters. The number of amides is 1. The molecule has 0 bridgehead atoms. The largest absolute Gasteiger partial charge is 0.356 e. The quantitative estimate of drug-likeness (QED) is 0.923. The van der Waals surface area contributed by atoms with Gasteiger partial charge in [0.05, 0.1) is 23.1 Å². The van der Waals surface area contributed by atoms with E-state index in [9.17, 15) is 4.79 Å². The summed E-state index contributed by atoms with van der Waals surface area (Å²) >= 11 is 0. The van der Waals surface area contributed by atoms with Crippen molar-refractivity contribution in [2.45, 2.75) is 46.5 Å². The first-order valence-corrected chi connectivity index (χ1v) is 8.12. The van der Waals surface area contributed by atoms with Gasteiger partial charge in [-0.25, -0.2) is 0 Å². The van der Waals surface area contributed by atoms with Crippen LogP contribution in [0.3, 0.4) is 0 Å². The number of likely N-dealkylation sites (tertiary alicyclic amines) is 1. The lowest BCUT2D eigenvalue weighted by atomic mass is 9.88. The van der Waals surface area contributed by atoms with Crippen molar-refractivity contribution >= 4 is 5.91 Å². The maximum Gasteiger partial charge on any atom is 0.227 e. The third-order valence-corrected chi connectivity index (χ3v) is 4.32. The highest BCUT2D eigenvalue weighted by molar-refractivity contribution is 5.81. The molecule has 1 atom stereocenters. The topological polar surface area (TPSA) is 75.0 Å². The molecule has 1 aliphatic heterocycles. The van der Waals surface area contributed by atoms with Gasteiger partial charge in [-0.05, 0) is 19.8 Å². The minimum atomic E-state index is -0.346. The Labute approximate surface area is 136 Å². The third-order valence-electron chi connectivity index (χ3n) is 4.32. The van der Waals surface area contributed by atoms with E-state index in [-0.39, 0.29) is 17.2 Å². The number of carbonyl (C=O) groups excluding carboxylic acids is 1. The zero-order chi connectivity index (χ0) is 16.6. The van der Waals surface area contributed by atoms with E-state index in [1.807, 2.05) is 38.7 Å². The van der Waals surface area contributed by atoms with E-state index in [0.29, 0.717) is 0 Å². The summed E-state index contributed by atoms with van der Waals surface area (Å²) in [5.41, 5.74) is 2.48. The van der Waals surface area contributed by atoms with E-state index >= 15 is 0 Å². The lowest BCUT2D eigenvalue weighted by molar-refractivity contribution is -0.140. The van der Waals surface area contributed by atoms with Crippen LogP contribution in [0.2, 0.25) is 0 Å². The van der Waals surface area contributed by atoms with Crippen LogP contribution < -0.4 is 0 Å². The number of nitrogens with zero attached hydrogens (tertiary/aromatic N) is 3. The van der Waals surface area contributed by atoms with Gasteiger partial charge in [-0.15, -0.1) is 0 Å². The molecule has 3 heterocycles. The van der Waals surface area contributed by atoms with Crippen molar-refractivity contribution in [3.05, 3.63) is 23.7 Å². The Hall–Kier alpha value is -2.11. The first-order chi connectivity index (χ1) is 10.9. The molecule has 124 valence electrons. The van der Waals surface area contributed by atoms with Crippen LogP contribution in [0, 0.1) is 12.3 Å². The highest BCUT2D eigenvalue weighted by Crippen LogP contribution is 2.34. The number of aromatic nitrogens is 3. The Kier molecular flexibility index (Phi) is 4.00. The Bertz CT molecular complexity index is 696. The van der Waals surface area contributed by atoms with E-state index in [1.54, 1.807) is 6.20 Å². The second-order valence-corrected chi connectivity index (χ2v) is 7.37. The van der Waals surface area contributed by atoms with Gasteiger partial charge in [0.1, 0.15) is 0 Å². The molecule has 0 radical (unpaired) electrons. The van der Waals surface area contributed by atoms with Crippen molar-refractivity contribution in [3.8, 4) is 11.3 Å². The maximum atomic E-state index is 12.6. The normalized spacial score (nSPS) is 19.1. The van der Waals surface area contributed by atoms with Crippen LogP contribution in [0.4, 0.5) is 0 Å². The number of hydrogen-bond donors (Lipinski definition) is 1. The van der Waals surface area contributed by atoms with E-state index in [2.05, 4.69) is 15.4 Å². The summed E-state index contributed by atoms with van der Waals surface area (Å²) in [5, 5.41) is 11.2. The summed E-state index contributed by atoms with van der Waals surface area (Å²) < 4.78 is 5.38. The van der Waals surface area contributed by atoms with Gasteiger partial charge in [0.15, 0.2) is 5.76 Å². The molecule has 1 saturated heterocycles. The van der Waals surface area contributed by atoms with Gasteiger partial charge >= 0.3 is 0 Å². The van der Waals surface area contributed by atoms with Gasteiger partial charge in [0.25, 0.3) is 0 Å². The number of aryl methyl sites for hydroxylation is 1. The van der Waals surface area contributed by atoms with Gasteiger partial charge in [-0.1, -0.05) is 25.9 Å². The van der Waals surface area contributed by atoms with E-state index in [0.717, 1.165) is 48.6 Å². The minimum Gasteiger partial charge on any atom is -0.356 e. The molecule has 0 saturated carbocycles. The van der Waals surface area contributed by atoms with Gasteiger partial charge in [0.2, 0.25) is 5.91 Å². The van der Waals surface area contributed by atoms with Crippen LogP contribution >= 0.6 is 0 Å². The Morgan fingerprint density at radius 1 is 1.43 bits per heavy atom. The van der Waals surface area contributed by atoms with Crippen molar-refractivity contribution < 1.29 is 9.32 Å². The number of nitrogens with one attached hydrogen (secondary N) is 1. The minimum absolute atomic E-state index is 0.207. The van der Waals surface area contributed by atoms with E-state index in [4.69, 9.17) is 4.52 Å². The summed E-state index contributed by atoms with van der Waals surface area (Å²) in [5.74, 6) is 1.18. The first kappa shape index (κ1) is 15.8. The van der Waals surface area contributed by atoms with Crippen molar-refractivity contribution in [2.24, 2.45) is 5.41 Å². The fourth-order valence-electron chi connectivity index (χ4n) is 3.17. The molecular formula is C17H24N4O2. The van der Waals surface area contributed by atoms with Crippen molar-refractivity contribution in [1.82, 2.24) is 20.3 Å². The highest BCUT2D eigenvalue weighted by atomic mass is 16.5. The monoisotopic (exact) mass is 316 g/mol. The second-order valence-electron chi connectivity index (χ2n) is 7.37. The Morgan fingerprint density at radius 3 is 2.87 bits per heavy atom. The fraction of sp³-hybridized carbons (Fsp3) is 0.588. The molecule has 0 aromatic carbocycles. The average molecular weight is 316 g/mol. The predicted molar refractivity (Wildman–Crippen MR) is 86.8 cm³/mol. The van der Waals surface area contributed by atoms with E-state index < -0.39 is 0 Å². The molecule has 3 rings (SSSR count). The van der Waals surface area contributed by atoms with Crippen LogP contribution in [-0.2, 0) is 4.79 Å². The molecule has 0 aliphatic carbocycles. The molecule has 1 N–H and O–H groups in total. The lowest BCUT2D eigenvalue weighted by Gasteiger charge is -2.36. The summed E-state index contributed by atoms with van der Waals surface area (Å²) in [4.78, 5) is 14.5. The molecule has 0 spiro atoms. The van der Waals surface area contributed by atoms with Crippen LogP contribution in [-0.4, -0.2) is 39.3 Å². The number of hydrogen-bond acceptors (Lipinski definition) is 4. The van der Waals surface area contributed by atoms with Gasteiger partial charge in [-0.3, -0.25) is 9.89 Å². The zero-order valence-corrected chi connectivity index (χ0v) is 14.2. The number of H-pyrrole nitrogens is 1. The first-order valence-electron chi connectivity index (χ1n) is 8.12. The Balaban J connectivity index is 1.83. The number of carbonyl (C=O) groups is 1. The number of rotatable bonds is 2. The molecule has 6 nitrogen and oxygen atoms in total. The van der Waals surface area contributed by atoms with Gasteiger partial charge in [-0.2, -0.15) is 5.10 Å². The molecular weight excluding hydrogens is 292 g/mol. The van der Waals surface area contributed by atoms with Crippen molar-refractivity contribution in [2.75, 3.05) is 13.1 Å². The average Bonchev–Trinajstić information content (AvgIpc) is 3.14. The molecule has 1 amide bonds. The fourth-order valence-corrected chi connectivity index (χ4v) is 3.17. The summed E-state index contributed by atoms with van der Waals surface area (Å²) in [6, 6.07) is 1.91. The van der Waals surface area contributed by atoms with Gasteiger partial charge in [0, 0.05) is 30.5 Å². The van der Waals surface area contributed by atoms with Crippen LogP contribution in [0.1, 0.15) is 50.9 Å². The molecule has 1 fully saturated rings. The molecule has 2 aromatic rings. The van der Waals surface area contributed by atoms with Crippen LogP contribution in [0.15, 0.2) is 16.8 Å². The predicted octanol–water partition coefficient (Wildman–Crippen LogP) is 3.13. The second kappa shape index (κ2) is 5.83. The zero-order valence-electron chi connectivity index (χ0n) is 14.2. The number of aromatic amines is 1. The summed E-state index contributed by atoms with van der Waals surface area (Å²) in [6.07, 6.45) is 3.82. The third kappa shape index (κ3) is 3.16. The molecule has 23 heavy (non-hydrogen) atoms. The van der Waals surface area contributed by atoms with Crippen molar-refractivity contribution in [1.29, 1.82) is 0 Å². The highest BCUT2D eigenvalue weighted by Gasteiger charge is 2.33. The lowest BCUT2D eigenvalue weighted by Crippen LogP contribution is -2.44. The van der Waals surface area contributed by atoms with Crippen molar-refractivity contribution in [3.63, 3.8) is 0 Å². The van der Waals surface area contributed by atoms with Gasteiger partial charge < -0.3 is 9.42 Å². The SMILES string of the molecule is Cc1cc(-c2cn[nH]c2[C@@H]2CCCN(C(=O)C(C)(C)C)C2)on1.